The summed E-state index contributed by atoms with van der Waals surface area (Å²) in [4.78, 5) is 0. The molecule has 0 heterocycles. The molecule has 0 unspecified atom stereocenters. The van der Waals surface area contributed by atoms with Crippen LogP contribution < -0.4 is 0 Å². The van der Waals surface area contributed by atoms with E-state index in [0.29, 0.717) is 10.5 Å². The fraction of sp³-hybridized carbons (Fsp3) is 0.684. The van der Waals surface area contributed by atoms with Crippen molar-refractivity contribution in [2.24, 2.45) is 0 Å². The van der Waals surface area contributed by atoms with Crippen molar-refractivity contribution in [1.29, 1.82) is 0 Å². The monoisotopic (exact) mass is 398 g/mol. The SMILES string of the molecule is CC[Si](CC)(CC)OC(O[SiH3])(O[Si](CC)(CC)CC)c1ccccc1. The van der Waals surface area contributed by atoms with Gasteiger partial charge in [0.05, 0.1) is 0 Å². The molecule has 25 heavy (non-hydrogen) atoms. The molecule has 0 saturated carbocycles. The van der Waals surface area contributed by atoms with Gasteiger partial charge in [0.15, 0.2) is 27.1 Å². The van der Waals surface area contributed by atoms with E-state index in [1.54, 1.807) is 0 Å². The van der Waals surface area contributed by atoms with Crippen LogP contribution in [0.2, 0.25) is 36.3 Å². The van der Waals surface area contributed by atoms with Crippen LogP contribution in [-0.4, -0.2) is 27.1 Å². The largest absolute Gasteiger partial charge is 0.378 e. The molecular weight excluding hydrogens is 360 g/mol. The third kappa shape index (κ3) is 5.14. The number of hydrogen-bond donors (Lipinski definition) is 0. The molecular formula is C19H38O3Si3. The van der Waals surface area contributed by atoms with Crippen molar-refractivity contribution in [2.75, 3.05) is 0 Å². The highest BCUT2D eigenvalue weighted by Gasteiger charge is 2.48. The van der Waals surface area contributed by atoms with Gasteiger partial charge in [-0.3, -0.25) is 0 Å². The summed E-state index contributed by atoms with van der Waals surface area (Å²) >= 11 is 0. The summed E-state index contributed by atoms with van der Waals surface area (Å²) in [5.41, 5.74) is 1.02. The van der Waals surface area contributed by atoms with Gasteiger partial charge < -0.3 is 13.3 Å². The van der Waals surface area contributed by atoms with Crippen LogP contribution in [-0.2, 0) is 19.3 Å². The van der Waals surface area contributed by atoms with Gasteiger partial charge in [-0.1, -0.05) is 71.9 Å². The van der Waals surface area contributed by atoms with Gasteiger partial charge in [0, 0.05) is 5.56 Å². The molecule has 0 aliphatic heterocycles. The summed E-state index contributed by atoms with van der Waals surface area (Å²) in [5, 5.41) is 0. The fourth-order valence-electron chi connectivity index (χ4n) is 3.49. The summed E-state index contributed by atoms with van der Waals surface area (Å²) < 4.78 is 20.1. The van der Waals surface area contributed by atoms with Crippen LogP contribution in [0.15, 0.2) is 30.3 Å². The quantitative estimate of drug-likeness (QED) is 0.360. The number of benzene rings is 1. The Kier molecular flexibility index (Phi) is 9.28. The smallest absolute Gasteiger partial charge is 0.282 e. The van der Waals surface area contributed by atoms with Crippen molar-refractivity contribution in [1.82, 2.24) is 0 Å². The summed E-state index contributed by atoms with van der Waals surface area (Å²) in [6.45, 7) is 13.5. The Labute approximate surface area is 160 Å². The fourth-order valence-corrected chi connectivity index (χ4v) is 9.80. The molecule has 0 radical (unpaired) electrons. The lowest BCUT2D eigenvalue weighted by molar-refractivity contribution is -0.277. The predicted octanol–water partition coefficient (Wildman–Crippen LogP) is 5.14. The first kappa shape index (κ1) is 22.8. The van der Waals surface area contributed by atoms with E-state index in [4.69, 9.17) is 13.3 Å². The second kappa shape index (κ2) is 10.2. The molecule has 0 atom stereocenters. The lowest BCUT2D eigenvalue weighted by atomic mass is 10.2. The van der Waals surface area contributed by atoms with Crippen LogP contribution in [0.1, 0.15) is 47.1 Å². The minimum atomic E-state index is -1.90. The molecule has 0 aliphatic rings. The Morgan fingerprint density at radius 2 is 1.08 bits per heavy atom. The summed E-state index contributed by atoms with van der Waals surface area (Å²) in [7, 11) is -3.22. The van der Waals surface area contributed by atoms with E-state index >= 15 is 0 Å². The minimum Gasteiger partial charge on any atom is -0.378 e. The van der Waals surface area contributed by atoms with E-state index in [0.717, 1.165) is 41.8 Å². The van der Waals surface area contributed by atoms with Crippen LogP contribution in [0, 0.1) is 0 Å². The molecule has 3 nitrogen and oxygen atoms in total. The van der Waals surface area contributed by atoms with Crippen LogP contribution in [0.3, 0.4) is 0 Å². The van der Waals surface area contributed by atoms with E-state index in [1.165, 1.54) is 0 Å². The van der Waals surface area contributed by atoms with Crippen molar-refractivity contribution in [3.63, 3.8) is 0 Å². The Hall–Kier alpha value is -0.249. The molecule has 0 aliphatic carbocycles. The molecule has 0 amide bonds. The van der Waals surface area contributed by atoms with E-state index in [-0.39, 0.29) is 0 Å². The first-order valence-electron chi connectivity index (χ1n) is 9.95. The van der Waals surface area contributed by atoms with Gasteiger partial charge in [-0.25, -0.2) is 0 Å². The second-order valence-corrected chi connectivity index (χ2v) is 16.6. The molecule has 1 aromatic carbocycles. The Balaban J connectivity index is 3.44. The summed E-state index contributed by atoms with van der Waals surface area (Å²) in [5.74, 6) is -1.00. The van der Waals surface area contributed by atoms with Crippen molar-refractivity contribution < 1.29 is 13.3 Å². The normalized spacial score (nSPS) is 13.4. The third-order valence-electron chi connectivity index (χ3n) is 5.96. The molecule has 0 bridgehead atoms. The molecule has 1 rings (SSSR count). The lowest BCUT2D eigenvalue weighted by Gasteiger charge is -2.46. The van der Waals surface area contributed by atoms with E-state index in [9.17, 15) is 0 Å². The maximum absolute atomic E-state index is 6.93. The zero-order valence-electron chi connectivity index (χ0n) is 17.4. The van der Waals surface area contributed by atoms with Crippen LogP contribution in [0.25, 0.3) is 0 Å². The maximum Gasteiger partial charge on any atom is 0.282 e. The van der Waals surface area contributed by atoms with Gasteiger partial charge in [-0.15, -0.1) is 0 Å². The second-order valence-electron chi connectivity index (χ2n) is 6.82. The number of hydrogen-bond acceptors (Lipinski definition) is 3. The molecule has 144 valence electrons. The average molecular weight is 399 g/mol. The van der Waals surface area contributed by atoms with Gasteiger partial charge in [-0.2, -0.15) is 0 Å². The molecule has 6 heteroatoms. The van der Waals surface area contributed by atoms with Crippen molar-refractivity contribution >= 4 is 27.1 Å². The first-order valence-corrected chi connectivity index (χ1v) is 15.8. The Bertz CT molecular complexity index is 449. The van der Waals surface area contributed by atoms with Crippen LogP contribution in [0.4, 0.5) is 0 Å². The summed E-state index contributed by atoms with van der Waals surface area (Å²) in [6, 6.07) is 16.8. The number of rotatable bonds is 12. The molecule has 0 N–H and O–H groups in total. The van der Waals surface area contributed by atoms with Crippen LogP contribution >= 0.6 is 0 Å². The third-order valence-corrected chi connectivity index (χ3v) is 15.6. The van der Waals surface area contributed by atoms with Crippen molar-refractivity contribution in [3.8, 4) is 0 Å². The lowest BCUT2D eigenvalue weighted by Crippen LogP contribution is -2.54. The Morgan fingerprint density at radius 1 is 0.720 bits per heavy atom. The zero-order chi connectivity index (χ0) is 19.0. The van der Waals surface area contributed by atoms with Crippen molar-refractivity contribution in [2.45, 2.75) is 83.8 Å². The highest BCUT2D eigenvalue weighted by molar-refractivity contribution is 6.74. The topological polar surface area (TPSA) is 27.7 Å². The van der Waals surface area contributed by atoms with E-state index < -0.39 is 22.6 Å². The van der Waals surface area contributed by atoms with E-state index in [1.807, 2.05) is 6.07 Å². The van der Waals surface area contributed by atoms with Crippen molar-refractivity contribution in [3.05, 3.63) is 35.9 Å². The first-order chi connectivity index (χ1) is 11.9. The average Bonchev–Trinajstić information content (AvgIpc) is 2.70. The van der Waals surface area contributed by atoms with Gasteiger partial charge >= 0.3 is 0 Å². The molecule has 0 spiro atoms. The maximum atomic E-state index is 6.93. The van der Waals surface area contributed by atoms with Crippen LogP contribution in [0.5, 0.6) is 0 Å². The highest BCUT2D eigenvalue weighted by Crippen LogP contribution is 2.40. The molecule has 1 aromatic rings. The summed E-state index contributed by atoms with van der Waals surface area (Å²) in [6.07, 6.45) is 0. The van der Waals surface area contributed by atoms with Gasteiger partial charge in [0.1, 0.15) is 0 Å². The molecule has 0 fully saturated rings. The van der Waals surface area contributed by atoms with Gasteiger partial charge in [-0.05, 0) is 36.3 Å². The minimum absolute atomic E-state index is 0.577. The molecule has 0 saturated heterocycles. The Morgan fingerprint density at radius 3 is 1.36 bits per heavy atom. The van der Waals surface area contributed by atoms with Gasteiger partial charge in [0.25, 0.3) is 5.97 Å². The van der Waals surface area contributed by atoms with E-state index in [2.05, 4.69) is 65.8 Å². The molecule has 0 aromatic heterocycles. The highest BCUT2D eigenvalue weighted by atomic mass is 28.4. The van der Waals surface area contributed by atoms with Gasteiger partial charge in [0.2, 0.25) is 0 Å². The standard InChI is InChI=1S/C19H38O3Si3/c1-7-24(8-2,9-3)21-19(20-23,18-16-14-13-15-17-18)22-25(10-4,11-5)12-6/h13-17H,7-12H2,1-6,23H3. The zero-order valence-corrected chi connectivity index (χ0v) is 21.4. The predicted molar refractivity (Wildman–Crippen MR) is 116 cm³/mol.